The van der Waals surface area contributed by atoms with Gasteiger partial charge < -0.3 is 20.9 Å². The van der Waals surface area contributed by atoms with Gasteiger partial charge in [-0.25, -0.2) is 9.97 Å². The minimum atomic E-state index is -0.408. The van der Waals surface area contributed by atoms with Crippen molar-refractivity contribution >= 4 is 45.8 Å². The maximum Gasteiger partial charge on any atom is 0.261 e. The van der Waals surface area contributed by atoms with Gasteiger partial charge in [0.15, 0.2) is 17.1 Å². The highest BCUT2D eigenvalue weighted by Crippen LogP contribution is 2.30. The number of nitrogens with one attached hydrogen (secondary N) is 1. The zero-order valence-corrected chi connectivity index (χ0v) is 20.7. The summed E-state index contributed by atoms with van der Waals surface area (Å²) in [6.45, 7) is 6.18. The maximum absolute atomic E-state index is 13.5. The number of ether oxygens (including phenoxy) is 1. The summed E-state index contributed by atoms with van der Waals surface area (Å²) in [6, 6.07) is 18.1. The molecule has 9 heteroatoms. The first-order chi connectivity index (χ1) is 17.8. The van der Waals surface area contributed by atoms with E-state index < -0.39 is 5.91 Å². The van der Waals surface area contributed by atoms with E-state index in [1.807, 2.05) is 63.2 Å². The number of aromatic hydroxyl groups is 1. The van der Waals surface area contributed by atoms with Crippen LogP contribution in [0.4, 0.5) is 11.5 Å². The predicted molar refractivity (Wildman–Crippen MR) is 146 cm³/mol. The van der Waals surface area contributed by atoms with Gasteiger partial charge in [-0.15, -0.1) is 0 Å². The van der Waals surface area contributed by atoms with Gasteiger partial charge in [-0.05, 0) is 79.9 Å². The number of carbonyl (C=O) groups is 1. The fourth-order valence-corrected chi connectivity index (χ4v) is 4.24. The third kappa shape index (κ3) is 4.66. The van der Waals surface area contributed by atoms with Gasteiger partial charge >= 0.3 is 0 Å². The summed E-state index contributed by atoms with van der Waals surface area (Å²) in [5.41, 5.74) is 12.0. The highest BCUT2D eigenvalue weighted by Gasteiger charge is 2.24. The highest BCUT2D eigenvalue weighted by molar-refractivity contribution is 6.16. The van der Waals surface area contributed by atoms with Gasteiger partial charge in [-0.2, -0.15) is 9.78 Å². The van der Waals surface area contributed by atoms with Crippen molar-refractivity contribution < 1.29 is 14.6 Å². The van der Waals surface area contributed by atoms with E-state index in [4.69, 9.17) is 20.4 Å². The molecule has 9 nitrogen and oxygen atoms in total. The smallest absolute Gasteiger partial charge is 0.261 e. The van der Waals surface area contributed by atoms with Crippen molar-refractivity contribution in [1.29, 1.82) is 0 Å². The minimum Gasteiger partial charge on any atom is -0.504 e. The summed E-state index contributed by atoms with van der Waals surface area (Å²) in [4.78, 5) is 22.9. The molecule has 0 aliphatic heterocycles. The Balaban J connectivity index is 1.63. The molecule has 0 saturated carbocycles. The number of phenolic OH excluding ortho intramolecular Hbond substituents is 1. The standard InChI is InChI=1S/C28H26N6O3/c1-4-37-23-14-18(9-10-22(23)35)15-30-34-26(29)24(28(36)31-19-12-16(2)11-17(3)13-19)25-27(34)33-21-8-6-5-7-20(21)32-25/h5-15,35H,4,29H2,1-3H3,(H,31,36)/b30-15+. The third-order valence-electron chi connectivity index (χ3n) is 5.79. The Bertz CT molecular complexity index is 1670. The van der Waals surface area contributed by atoms with E-state index in [2.05, 4.69) is 10.4 Å². The Labute approximate surface area is 213 Å². The number of benzene rings is 3. The van der Waals surface area contributed by atoms with Crippen LogP contribution in [0.1, 0.15) is 34.0 Å². The molecular weight excluding hydrogens is 468 g/mol. The summed E-state index contributed by atoms with van der Waals surface area (Å²) in [6.07, 6.45) is 1.56. The Morgan fingerprint density at radius 2 is 1.78 bits per heavy atom. The summed E-state index contributed by atoms with van der Waals surface area (Å²) >= 11 is 0. The molecule has 0 aliphatic carbocycles. The fraction of sp³-hybridized carbons (Fsp3) is 0.143. The number of nitrogens with zero attached hydrogens (tertiary/aromatic N) is 4. The van der Waals surface area contributed by atoms with Crippen LogP contribution in [0.15, 0.2) is 65.8 Å². The Hall–Kier alpha value is -4.92. The summed E-state index contributed by atoms with van der Waals surface area (Å²) in [5.74, 6) is 0.0743. The van der Waals surface area contributed by atoms with Crippen molar-refractivity contribution in [2.24, 2.45) is 5.10 Å². The number of rotatable bonds is 6. The van der Waals surface area contributed by atoms with Gasteiger partial charge in [0.2, 0.25) is 0 Å². The number of fused-ring (bicyclic) bond motifs is 2. The molecule has 2 heterocycles. The van der Waals surface area contributed by atoms with Crippen LogP contribution < -0.4 is 15.8 Å². The second kappa shape index (κ2) is 9.62. The van der Waals surface area contributed by atoms with Gasteiger partial charge in [0.05, 0.1) is 23.9 Å². The van der Waals surface area contributed by atoms with Gasteiger partial charge in [-0.3, -0.25) is 4.79 Å². The zero-order chi connectivity index (χ0) is 26.1. The molecule has 4 N–H and O–H groups in total. The van der Waals surface area contributed by atoms with Gasteiger partial charge in [0, 0.05) is 5.69 Å². The van der Waals surface area contributed by atoms with Gasteiger partial charge in [0.1, 0.15) is 16.9 Å². The van der Waals surface area contributed by atoms with Crippen LogP contribution in [0.2, 0.25) is 0 Å². The maximum atomic E-state index is 13.5. The number of phenols is 1. The monoisotopic (exact) mass is 494 g/mol. The fourth-order valence-electron chi connectivity index (χ4n) is 4.24. The average molecular weight is 495 g/mol. The van der Waals surface area contributed by atoms with Crippen LogP contribution in [0.3, 0.4) is 0 Å². The third-order valence-corrected chi connectivity index (χ3v) is 5.79. The normalized spacial score (nSPS) is 11.4. The van der Waals surface area contributed by atoms with E-state index in [1.54, 1.807) is 18.3 Å². The number of nitrogen functional groups attached to an aromatic ring is 1. The van der Waals surface area contributed by atoms with Crippen molar-refractivity contribution in [1.82, 2.24) is 14.6 Å². The van der Waals surface area contributed by atoms with Crippen LogP contribution in [-0.4, -0.2) is 38.5 Å². The lowest BCUT2D eigenvalue weighted by Crippen LogP contribution is -2.14. The number of amides is 1. The van der Waals surface area contributed by atoms with Crippen LogP contribution in [-0.2, 0) is 0 Å². The van der Waals surface area contributed by atoms with E-state index in [1.165, 1.54) is 10.7 Å². The number of nitrogens with two attached hydrogens (primary N) is 1. The van der Waals surface area contributed by atoms with Crippen molar-refractivity contribution in [3.63, 3.8) is 0 Å². The molecule has 2 aromatic heterocycles. The van der Waals surface area contributed by atoms with Gasteiger partial charge in [-0.1, -0.05) is 18.2 Å². The average Bonchev–Trinajstić information content (AvgIpc) is 3.12. The van der Waals surface area contributed by atoms with Crippen LogP contribution in [0, 0.1) is 13.8 Å². The highest BCUT2D eigenvalue weighted by atomic mass is 16.5. The molecular formula is C28H26N6O3. The van der Waals surface area contributed by atoms with Crippen LogP contribution in [0.5, 0.6) is 11.5 Å². The molecule has 0 bridgehead atoms. The molecule has 3 aromatic carbocycles. The number of carbonyl (C=O) groups excluding carboxylic acids is 1. The lowest BCUT2D eigenvalue weighted by atomic mass is 10.1. The molecule has 0 saturated heterocycles. The Morgan fingerprint density at radius 1 is 1.08 bits per heavy atom. The molecule has 1 amide bonds. The summed E-state index contributed by atoms with van der Waals surface area (Å²) in [5, 5.41) is 17.5. The zero-order valence-electron chi connectivity index (χ0n) is 20.7. The molecule has 5 aromatic rings. The number of hydrogen-bond donors (Lipinski definition) is 3. The first-order valence-electron chi connectivity index (χ1n) is 11.8. The predicted octanol–water partition coefficient (Wildman–Crippen LogP) is 5.02. The molecule has 5 rings (SSSR count). The first-order valence-corrected chi connectivity index (χ1v) is 11.8. The molecule has 0 atom stereocenters. The van der Waals surface area contributed by atoms with Crippen LogP contribution >= 0.6 is 0 Å². The Kier molecular flexibility index (Phi) is 6.19. The second-order valence-electron chi connectivity index (χ2n) is 8.69. The molecule has 0 spiro atoms. The quantitative estimate of drug-likeness (QED) is 0.284. The van der Waals surface area contributed by atoms with Gasteiger partial charge in [0.25, 0.3) is 5.91 Å². The van der Waals surface area contributed by atoms with Crippen molar-refractivity contribution in [2.45, 2.75) is 20.8 Å². The van der Waals surface area contributed by atoms with Crippen LogP contribution in [0.25, 0.3) is 22.2 Å². The molecule has 186 valence electrons. The van der Waals surface area contributed by atoms with E-state index in [-0.39, 0.29) is 17.1 Å². The van der Waals surface area contributed by atoms with E-state index >= 15 is 0 Å². The number of aromatic nitrogens is 3. The number of anilines is 2. The van der Waals surface area contributed by atoms with Crippen molar-refractivity contribution in [2.75, 3.05) is 17.7 Å². The Morgan fingerprint density at radius 3 is 2.49 bits per heavy atom. The minimum absolute atomic E-state index is 0.0348. The first kappa shape index (κ1) is 23.8. The van der Waals surface area contributed by atoms with E-state index in [9.17, 15) is 9.90 Å². The SMILES string of the molecule is CCOc1cc(/C=N/n2c(N)c(C(=O)Nc3cc(C)cc(C)c3)c3nc4ccccc4nc32)ccc1O. The molecule has 0 radical (unpaired) electrons. The number of hydrogen-bond acceptors (Lipinski definition) is 7. The molecule has 0 fully saturated rings. The van der Waals surface area contributed by atoms with E-state index in [0.717, 1.165) is 11.1 Å². The summed E-state index contributed by atoms with van der Waals surface area (Å²) in [7, 11) is 0. The van der Waals surface area contributed by atoms with Crippen molar-refractivity contribution in [3.05, 3.63) is 82.9 Å². The molecule has 37 heavy (non-hydrogen) atoms. The van der Waals surface area contributed by atoms with E-state index in [0.29, 0.717) is 45.8 Å². The molecule has 0 unspecified atom stereocenters. The van der Waals surface area contributed by atoms with Crippen molar-refractivity contribution in [3.8, 4) is 11.5 Å². The largest absolute Gasteiger partial charge is 0.504 e. The number of para-hydroxylation sites is 2. The lowest BCUT2D eigenvalue weighted by Gasteiger charge is -2.08. The lowest BCUT2D eigenvalue weighted by molar-refractivity contribution is 0.102. The second-order valence-corrected chi connectivity index (χ2v) is 8.69. The number of aryl methyl sites for hydroxylation is 2. The molecule has 0 aliphatic rings. The topological polar surface area (TPSA) is 128 Å². The summed E-state index contributed by atoms with van der Waals surface area (Å²) < 4.78 is 6.86.